The monoisotopic (exact) mass is 403 g/mol. The van der Waals surface area contributed by atoms with Crippen molar-refractivity contribution < 1.29 is 9.18 Å². The SMILES string of the molecule is C[C@H]1C[C@H](Cn2ccc3nc(-c4cn[nH]c4)ccc32)CN1C(=O)c1ccc(F)cc1. The number of amides is 1. The number of aromatic amines is 1. The lowest BCUT2D eigenvalue weighted by atomic mass is 10.1. The maximum absolute atomic E-state index is 13.2. The molecule has 0 spiro atoms. The predicted octanol–water partition coefficient (Wildman–Crippen LogP) is 4.12. The van der Waals surface area contributed by atoms with Crippen molar-refractivity contribution in [3.05, 3.63) is 72.4 Å². The molecule has 0 radical (unpaired) electrons. The first-order valence-corrected chi connectivity index (χ1v) is 10.1. The summed E-state index contributed by atoms with van der Waals surface area (Å²) in [6.07, 6.45) is 6.59. The molecule has 7 heteroatoms. The fourth-order valence-electron chi connectivity index (χ4n) is 4.38. The molecule has 0 aliphatic carbocycles. The molecule has 30 heavy (non-hydrogen) atoms. The van der Waals surface area contributed by atoms with Crippen LogP contribution in [0.15, 0.2) is 61.1 Å². The van der Waals surface area contributed by atoms with E-state index in [2.05, 4.69) is 34.0 Å². The molecule has 5 rings (SSSR count). The molecule has 1 aliphatic heterocycles. The van der Waals surface area contributed by atoms with Gasteiger partial charge in [-0.25, -0.2) is 9.37 Å². The maximum Gasteiger partial charge on any atom is 0.254 e. The molecule has 1 fully saturated rings. The third-order valence-corrected chi connectivity index (χ3v) is 5.89. The van der Waals surface area contributed by atoms with E-state index in [9.17, 15) is 9.18 Å². The second-order valence-electron chi connectivity index (χ2n) is 7.97. The van der Waals surface area contributed by atoms with Gasteiger partial charge in [-0.2, -0.15) is 5.10 Å². The van der Waals surface area contributed by atoms with Crippen LogP contribution in [0.1, 0.15) is 23.7 Å². The summed E-state index contributed by atoms with van der Waals surface area (Å²) < 4.78 is 15.4. The maximum atomic E-state index is 13.2. The van der Waals surface area contributed by atoms with Crippen molar-refractivity contribution in [2.45, 2.75) is 25.9 Å². The molecule has 1 aliphatic rings. The van der Waals surface area contributed by atoms with Gasteiger partial charge in [0.25, 0.3) is 5.91 Å². The van der Waals surface area contributed by atoms with Crippen LogP contribution in [0.4, 0.5) is 4.39 Å². The van der Waals surface area contributed by atoms with Gasteiger partial charge < -0.3 is 9.47 Å². The van der Waals surface area contributed by atoms with Crippen molar-refractivity contribution in [2.24, 2.45) is 5.92 Å². The zero-order valence-corrected chi connectivity index (χ0v) is 16.6. The molecule has 0 saturated carbocycles. The largest absolute Gasteiger partial charge is 0.346 e. The number of nitrogens with one attached hydrogen (secondary N) is 1. The Morgan fingerprint density at radius 3 is 2.80 bits per heavy atom. The Kier molecular flexibility index (Phi) is 4.58. The number of fused-ring (bicyclic) bond motifs is 1. The molecule has 152 valence electrons. The lowest BCUT2D eigenvalue weighted by Gasteiger charge is -2.21. The van der Waals surface area contributed by atoms with Gasteiger partial charge in [0, 0.05) is 42.7 Å². The van der Waals surface area contributed by atoms with E-state index < -0.39 is 0 Å². The van der Waals surface area contributed by atoms with Crippen molar-refractivity contribution in [1.29, 1.82) is 0 Å². The van der Waals surface area contributed by atoms with Gasteiger partial charge >= 0.3 is 0 Å². The third kappa shape index (κ3) is 3.36. The van der Waals surface area contributed by atoms with Gasteiger partial charge in [0.05, 0.1) is 22.9 Å². The Morgan fingerprint density at radius 1 is 1.20 bits per heavy atom. The lowest BCUT2D eigenvalue weighted by molar-refractivity contribution is 0.0742. The van der Waals surface area contributed by atoms with E-state index in [1.807, 2.05) is 23.2 Å². The summed E-state index contributed by atoms with van der Waals surface area (Å²) in [6, 6.07) is 12.1. The minimum Gasteiger partial charge on any atom is -0.346 e. The van der Waals surface area contributed by atoms with Gasteiger partial charge in [-0.3, -0.25) is 9.89 Å². The van der Waals surface area contributed by atoms with E-state index in [1.165, 1.54) is 12.1 Å². The summed E-state index contributed by atoms with van der Waals surface area (Å²) >= 11 is 0. The number of carbonyl (C=O) groups excluding carboxylic acids is 1. The second-order valence-corrected chi connectivity index (χ2v) is 7.97. The standard InChI is InChI=1S/C23H22FN5O/c1-15-10-16(14-29(15)23(30)17-2-4-19(24)5-3-17)13-28-9-8-21-22(28)7-6-20(27-21)18-11-25-26-12-18/h2-9,11-12,15-16H,10,13-14H2,1H3,(H,25,26)/t15-,16+/m0/s1. The number of benzene rings is 1. The zero-order valence-electron chi connectivity index (χ0n) is 16.6. The summed E-state index contributed by atoms with van der Waals surface area (Å²) in [6.45, 7) is 3.60. The Hall–Kier alpha value is -3.48. The fourth-order valence-corrected chi connectivity index (χ4v) is 4.38. The number of aromatic nitrogens is 4. The van der Waals surface area contributed by atoms with Crippen LogP contribution in [-0.4, -0.2) is 43.1 Å². The van der Waals surface area contributed by atoms with Gasteiger partial charge in [0.1, 0.15) is 5.82 Å². The summed E-state index contributed by atoms with van der Waals surface area (Å²) in [5, 5.41) is 6.80. The van der Waals surface area contributed by atoms with Crippen LogP contribution < -0.4 is 0 Å². The number of carbonyl (C=O) groups is 1. The molecule has 1 saturated heterocycles. The smallest absolute Gasteiger partial charge is 0.254 e. The van der Waals surface area contributed by atoms with Crippen LogP contribution in [-0.2, 0) is 6.54 Å². The minimum absolute atomic E-state index is 0.0335. The number of hydrogen-bond acceptors (Lipinski definition) is 3. The van der Waals surface area contributed by atoms with Crippen LogP contribution >= 0.6 is 0 Å². The molecule has 1 amide bonds. The summed E-state index contributed by atoms with van der Waals surface area (Å²) in [4.78, 5) is 19.5. The average Bonchev–Trinajstić information content (AvgIpc) is 3.49. The Balaban J connectivity index is 1.32. The quantitative estimate of drug-likeness (QED) is 0.557. The summed E-state index contributed by atoms with van der Waals surface area (Å²) in [5.74, 6) is -0.00903. The first-order chi connectivity index (χ1) is 14.6. The second kappa shape index (κ2) is 7.40. The van der Waals surface area contributed by atoms with E-state index in [-0.39, 0.29) is 17.8 Å². The van der Waals surface area contributed by atoms with Crippen molar-refractivity contribution in [3.63, 3.8) is 0 Å². The number of H-pyrrole nitrogens is 1. The van der Waals surface area contributed by atoms with Gasteiger partial charge in [-0.15, -0.1) is 0 Å². The minimum atomic E-state index is -0.331. The highest BCUT2D eigenvalue weighted by Gasteiger charge is 2.33. The predicted molar refractivity (Wildman–Crippen MR) is 112 cm³/mol. The fraction of sp³-hybridized carbons (Fsp3) is 0.261. The highest BCUT2D eigenvalue weighted by atomic mass is 19.1. The third-order valence-electron chi connectivity index (χ3n) is 5.89. The average molecular weight is 403 g/mol. The van der Waals surface area contributed by atoms with Crippen LogP contribution in [0.3, 0.4) is 0 Å². The van der Waals surface area contributed by atoms with Crippen molar-refractivity contribution in [3.8, 4) is 11.3 Å². The lowest BCUT2D eigenvalue weighted by Crippen LogP contribution is -2.34. The number of nitrogens with zero attached hydrogens (tertiary/aromatic N) is 4. The number of pyridine rings is 1. The molecule has 2 atom stereocenters. The van der Waals surface area contributed by atoms with Gasteiger partial charge in [-0.05, 0) is 61.7 Å². The van der Waals surface area contributed by atoms with Crippen LogP contribution in [0.2, 0.25) is 0 Å². The molecule has 3 aromatic heterocycles. The van der Waals surface area contributed by atoms with Crippen LogP contribution in [0.25, 0.3) is 22.3 Å². The normalized spacial score (nSPS) is 18.9. The molecular formula is C23H22FN5O. The number of likely N-dealkylation sites (tertiary alicyclic amines) is 1. The van der Waals surface area contributed by atoms with Crippen molar-refractivity contribution in [1.82, 2.24) is 24.6 Å². The molecule has 0 unspecified atom stereocenters. The van der Waals surface area contributed by atoms with Crippen LogP contribution in [0, 0.1) is 11.7 Å². The van der Waals surface area contributed by atoms with Crippen molar-refractivity contribution in [2.75, 3.05) is 6.54 Å². The zero-order chi connectivity index (χ0) is 20.7. The van der Waals surface area contributed by atoms with E-state index in [0.717, 1.165) is 35.3 Å². The van der Waals surface area contributed by atoms with Gasteiger partial charge in [0.2, 0.25) is 0 Å². The number of rotatable bonds is 4. The number of halogens is 1. The first kappa shape index (κ1) is 18.5. The number of hydrogen-bond donors (Lipinski definition) is 1. The molecule has 4 heterocycles. The van der Waals surface area contributed by atoms with Gasteiger partial charge in [-0.1, -0.05) is 0 Å². The van der Waals surface area contributed by atoms with E-state index in [1.54, 1.807) is 18.3 Å². The molecular weight excluding hydrogens is 381 g/mol. The van der Waals surface area contributed by atoms with Crippen LogP contribution in [0.5, 0.6) is 0 Å². The molecule has 1 aromatic carbocycles. The Bertz CT molecular complexity index is 1180. The Labute approximate surface area is 173 Å². The molecule has 0 bridgehead atoms. The summed E-state index contributed by atoms with van der Waals surface area (Å²) in [5.41, 5.74) is 4.41. The van der Waals surface area contributed by atoms with E-state index >= 15 is 0 Å². The first-order valence-electron chi connectivity index (χ1n) is 10.1. The highest BCUT2D eigenvalue weighted by molar-refractivity contribution is 5.94. The molecule has 4 aromatic rings. The topological polar surface area (TPSA) is 66.8 Å². The summed E-state index contributed by atoms with van der Waals surface area (Å²) in [7, 11) is 0. The van der Waals surface area contributed by atoms with Gasteiger partial charge in [0.15, 0.2) is 0 Å². The van der Waals surface area contributed by atoms with E-state index in [4.69, 9.17) is 4.98 Å². The highest BCUT2D eigenvalue weighted by Crippen LogP contribution is 2.28. The molecule has 1 N–H and O–H groups in total. The van der Waals surface area contributed by atoms with E-state index in [0.29, 0.717) is 18.0 Å². The van der Waals surface area contributed by atoms with Crippen molar-refractivity contribution >= 4 is 16.9 Å². The molecule has 6 nitrogen and oxygen atoms in total. The Morgan fingerprint density at radius 2 is 2.03 bits per heavy atom.